The van der Waals surface area contributed by atoms with Crippen LogP contribution >= 0.6 is 48.0 Å². The van der Waals surface area contributed by atoms with E-state index in [2.05, 4.69) is 6.07 Å². The molecule has 0 radical (unpaired) electrons. The zero-order valence-electron chi connectivity index (χ0n) is 19.0. The van der Waals surface area contributed by atoms with Crippen molar-refractivity contribution in [2.75, 3.05) is 6.54 Å². The number of furan rings is 1. The topological polar surface area (TPSA) is 59.5 Å². The molecule has 3 unspecified atom stereocenters. The van der Waals surface area contributed by atoms with Gasteiger partial charge in [0.05, 0.1) is 4.91 Å². The van der Waals surface area contributed by atoms with E-state index in [1.54, 1.807) is 0 Å². The second-order valence-electron chi connectivity index (χ2n) is 9.40. The van der Waals surface area contributed by atoms with E-state index in [0.717, 1.165) is 60.7 Å². The average molecular weight is 538 g/mol. The summed E-state index contributed by atoms with van der Waals surface area (Å²) in [6.07, 6.45) is 10.8. The van der Waals surface area contributed by atoms with Gasteiger partial charge in [0.1, 0.15) is 15.8 Å². The Bertz CT molecular complexity index is 1080. The molecule has 1 amide bonds. The summed E-state index contributed by atoms with van der Waals surface area (Å²) in [6.45, 7) is 0.708. The number of aryl methyl sites for hydroxylation is 1. The maximum atomic E-state index is 13.4. The smallest absolute Gasteiger partial charge is 0.266 e. The number of unbranched alkanes of at least 4 members (excludes halogenated alkanes) is 2. The molecule has 182 valence electrons. The van der Waals surface area contributed by atoms with E-state index in [1.807, 2.05) is 35.2 Å². The lowest BCUT2D eigenvalue weighted by Crippen LogP contribution is -2.41. The Hall–Kier alpha value is -1.31. The van der Waals surface area contributed by atoms with Gasteiger partial charge in [-0.25, -0.2) is 0 Å². The zero-order valence-corrected chi connectivity index (χ0v) is 22.2. The number of fused-ring (bicyclic) bond motifs is 2. The molecule has 1 aromatic heterocycles. The molecule has 8 heteroatoms. The number of rotatable bonds is 8. The average Bonchev–Trinajstić information content (AvgIpc) is 3.57. The van der Waals surface area contributed by atoms with Crippen molar-refractivity contribution in [2.24, 2.45) is 17.6 Å². The minimum atomic E-state index is 0. The molecule has 1 saturated heterocycles. The van der Waals surface area contributed by atoms with Gasteiger partial charge in [-0.05, 0) is 92.8 Å². The number of amides is 1. The molecule has 3 atom stereocenters. The Kier molecular flexibility index (Phi) is 8.47. The summed E-state index contributed by atoms with van der Waals surface area (Å²) in [5.74, 6) is 2.95. The molecule has 2 N–H and O–H groups in total. The molecule has 3 aliphatic rings. The molecule has 5 rings (SSSR count). The summed E-state index contributed by atoms with van der Waals surface area (Å²) in [4.78, 5) is 16.0. The number of nitrogens with zero attached hydrogens (tertiary/aromatic N) is 1. The summed E-state index contributed by atoms with van der Waals surface area (Å²) in [5, 5.41) is 0.692. The van der Waals surface area contributed by atoms with E-state index in [-0.39, 0.29) is 24.4 Å². The van der Waals surface area contributed by atoms with Gasteiger partial charge in [-0.15, -0.1) is 12.4 Å². The third-order valence-corrected chi connectivity index (χ3v) is 8.82. The van der Waals surface area contributed by atoms with E-state index in [9.17, 15) is 4.79 Å². The largest absolute Gasteiger partial charge is 0.456 e. The number of thiocarbonyl (C=S) groups is 1. The Labute approximate surface area is 222 Å². The molecule has 1 aliphatic heterocycles. The van der Waals surface area contributed by atoms with Crippen molar-refractivity contribution < 1.29 is 9.21 Å². The lowest BCUT2D eigenvalue weighted by molar-refractivity contribution is -0.124. The van der Waals surface area contributed by atoms with Crippen molar-refractivity contribution in [1.82, 2.24) is 4.90 Å². The quantitative estimate of drug-likeness (QED) is 0.222. The number of carbonyl (C=O) groups is 1. The Balaban J connectivity index is 0.00000274. The standard InChI is InChI=1S/C26H29ClN2O2S2.ClH/c27-20-9-7-17(8-10-20)22-14-19(4-2-1-3-11-28)23(31-22)15-24-25(30)29(26(32)33-24)21-13-16-5-6-18(21)12-16;/h7-10,14-16,18,21H,1-6,11-13,28H2;1H/b24-15-;. The van der Waals surface area contributed by atoms with Crippen LogP contribution < -0.4 is 5.73 Å². The first-order valence-corrected chi connectivity index (χ1v) is 13.5. The highest BCUT2D eigenvalue weighted by atomic mass is 35.5. The van der Waals surface area contributed by atoms with Gasteiger partial charge < -0.3 is 10.2 Å². The number of hydrogen-bond acceptors (Lipinski definition) is 5. The Morgan fingerprint density at radius 3 is 2.65 bits per heavy atom. The lowest BCUT2D eigenvalue weighted by atomic mass is 9.94. The van der Waals surface area contributed by atoms with Crippen molar-refractivity contribution in [3.8, 4) is 11.3 Å². The molecule has 0 spiro atoms. The minimum absolute atomic E-state index is 0. The van der Waals surface area contributed by atoms with Gasteiger partial charge in [0, 0.05) is 22.7 Å². The van der Waals surface area contributed by atoms with Gasteiger partial charge in [0.25, 0.3) is 5.91 Å². The first-order valence-electron chi connectivity index (χ1n) is 11.9. The summed E-state index contributed by atoms with van der Waals surface area (Å²) in [5.41, 5.74) is 7.74. The number of hydrogen-bond donors (Lipinski definition) is 1. The van der Waals surface area contributed by atoms with Crippen LogP contribution in [-0.4, -0.2) is 27.7 Å². The number of carbonyl (C=O) groups excluding carboxylic acids is 1. The van der Waals surface area contributed by atoms with Gasteiger partial charge in [0.2, 0.25) is 0 Å². The molecule has 2 aliphatic carbocycles. The number of halogens is 2. The van der Waals surface area contributed by atoms with Gasteiger partial charge in [0.15, 0.2) is 0 Å². The fourth-order valence-corrected chi connectivity index (χ4v) is 7.04. The first kappa shape index (κ1) is 25.8. The van der Waals surface area contributed by atoms with Crippen molar-refractivity contribution in [3.05, 3.63) is 51.6 Å². The molecule has 2 heterocycles. The zero-order chi connectivity index (χ0) is 22.9. The highest BCUT2D eigenvalue weighted by Crippen LogP contribution is 2.49. The van der Waals surface area contributed by atoms with Gasteiger partial charge in [-0.3, -0.25) is 9.69 Å². The maximum Gasteiger partial charge on any atom is 0.266 e. The highest BCUT2D eigenvalue weighted by molar-refractivity contribution is 8.26. The predicted octanol–water partition coefficient (Wildman–Crippen LogP) is 7.08. The van der Waals surface area contributed by atoms with Crippen molar-refractivity contribution in [1.29, 1.82) is 0 Å². The predicted molar refractivity (Wildman–Crippen MR) is 147 cm³/mol. The number of thioether (sulfide) groups is 1. The molecule has 3 fully saturated rings. The van der Waals surface area contributed by atoms with Crippen LogP contribution in [-0.2, 0) is 11.2 Å². The SMILES string of the molecule is Cl.NCCCCCc1cc(-c2ccc(Cl)cc2)oc1/C=C1\SC(=S)N(C2CC3CCC2C3)C1=O. The van der Waals surface area contributed by atoms with Gasteiger partial charge in [-0.1, -0.05) is 48.4 Å². The van der Waals surface area contributed by atoms with Crippen molar-refractivity contribution >= 4 is 64.3 Å². The van der Waals surface area contributed by atoms with Crippen molar-refractivity contribution in [2.45, 2.75) is 57.4 Å². The molecule has 1 aromatic carbocycles. The van der Waals surface area contributed by atoms with Crippen LogP contribution in [0.25, 0.3) is 17.4 Å². The van der Waals surface area contributed by atoms with Crippen molar-refractivity contribution in [3.63, 3.8) is 0 Å². The van der Waals surface area contributed by atoms with Crippen LogP contribution in [0.15, 0.2) is 39.7 Å². The van der Waals surface area contributed by atoms with Crippen LogP contribution in [0.5, 0.6) is 0 Å². The van der Waals surface area contributed by atoms with Gasteiger partial charge in [-0.2, -0.15) is 0 Å². The summed E-state index contributed by atoms with van der Waals surface area (Å²) in [7, 11) is 0. The molecule has 2 aromatic rings. The molecule has 4 nitrogen and oxygen atoms in total. The molecular formula is C26H30Cl2N2O2S2. The highest BCUT2D eigenvalue weighted by Gasteiger charge is 2.48. The second-order valence-corrected chi connectivity index (χ2v) is 11.5. The van der Waals surface area contributed by atoms with E-state index in [1.165, 1.54) is 31.0 Å². The van der Waals surface area contributed by atoms with Crippen LogP contribution in [0.1, 0.15) is 56.3 Å². The van der Waals surface area contributed by atoms with Crippen LogP contribution in [0.2, 0.25) is 5.02 Å². The minimum Gasteiger partial charge on any atom is -0.456 e. The van der Waals surface area contributed by atoms with E-state index >= 15 is 0 Å². The first-order chi connectivity index (χ1) is 16.0. The molecule has 34 heavy (non-hydrogen) atoms. The van der Waals surface area contributed by atoms with E-state index < -0.39 is 0 Å². The Morgan fingerprint density at radius 2 is 1.97 bits per heavy atom. The van der Waals surface area contributed by atoms with Crippen LogP contribution in [0.4, 0.5) is 0 Å². The Morgan fingerprint density at radius 1 is 1.18 bits per heavy atom. The fourth-order valence-electron chi connectivity index (χ4n) is 5.57. The monoisotopic (exact) mass is 536 g/mol. The summed E-state index contributed by atoms with van der Waals surface area (Å²) < 4.78 is 6.97. The third-order valence-electron chi connectivity index (χ3n) is 7.24. The molecule has 2 bridgehead atoms. The second kappa shape index (κ2) is 11.2. The van der Waals surface area contributed by atoms with Crippen LogP contribution in [0.3, 0.4) is 0 Å². The molecular weight excluding hydrogens is 507 g/mol. The summed E-state index contributed by atoms with van der Waals surface area (Å²) >= 11 is 13.1. The molecule has 2 saturated carbocycles. The van der Waals surface area contributed by atoms with E-state index in [4.69, 9.17) is 34.0 Å². The summed E-state index contributed by atoms with van der Waals surface area (Å²) in [6, 6.07) is 10.0. The van der Waals surface area contributed by atoms with E-state index in [0.29, 0.717) is 26.7 Å². The van der Waals surface area contributed by atoms with Crippen LogP contribution in [0, 0.1) is 11.8 Å². The van der Waals surface area contributed by atoms with Gasteiger partial charge >= 0.3 is 0 Å². The number of benzene rings is 1. The lowest BCUT2D eigenvalue weighted by Gasteiger charge is -2.30. The number of nitrogens with two attached hydrogens (primary N) is 1. The fraction of sp³-hybridized carbons (Fsp3) is 0.462. The maximum absolute atomic E-state index is 13.4. The third kappa shape index (κ3) is 5.26. The normalized spacial score (nSPS) is 24.9.